The average molecular weight is 407 g/mol. The van der Waals surface area contributed by atoms with Gasteiger partial charge in [-0.2, -0.15) is 5.10 Å². The highest BCUT2D eigenvalue weighted by atomic mass is 16.2. The van der Waals surface area contributed by atoms with Crippen LogP contribution >= 0.6 is 0 Å². The summed E-state index contributed by atoms with van der Waals surface area (Å²) in [7, 11) is 0. The minimum Gasteiger partial charge on any atom is -0.340 e. The first-order chi connectivity index (χ1) is 14.7. The third kappa shape index (κ3) is 3.99. The molecule has 2 fully saturated rings. The summed E-state index contributed by atoms with van der Waals surface area (Å²) in [5.41, 5.74) is 3.33. The average Bonchev–Trinajstić information content (AvgIpc) is 3.46. The van der Waals surface area contributed by atoms with Crippen LogP contribution in [0.5, 0.6) is 0 Å². The number of rotatable bonds is 6. The molecule has 3 heterocycles. The Hall–Kier alpha value is -2.67. The Balaban J connectivity index is 1.25. The molecule has 158 valence electrons. The van der Waals surface area contributed by atoms with Crippen LogP contribution in [0.15, 0.2) is 36.7 Å². The molecule has 0 N–H and O–H groups in total. The zero-order valence-corrected chi connectivity index (χ0v) is 17.7. The Labute approximate surface area is 177 Å². The number of hydrogen-bond donors (Lipinski definition) is 0. The molecule has 0 bridgehead atoms. The number of fused-ring (bicyclic) bond motifs is 1. The van der Waals surface area contributed by atoms with E-state index in [1.807, 2.05) is 34.0 Å². The van der Waals surface area contributed by atoms with Gasteiger partial charge in [-0.25, -0.2) is 4.98 Å². The third-order valence-electron chi connectivity index (χ3n) is 6.28. The fourth-order valence-electron chi connectivity index (χ4n) is 4.45. The molecule has 2 aromatic heterocycles. The molecule has 1 aromatic carbocycles. The molecule has 0 spiro atoms. The Bertz CT molecular complexity index is 1030. The maximum Gasteiger partial charge on any atom is 0.242 e. The van der Waals surface area contributed by atoms with Crippen molar-refractivity contribution in [3.63, 3.8) is 0 Å². The molecule has 1 saturated heterocycles. The number of nitrogens with zero attached hydrogens (tertiary/aromatic N) is 6. The van der Waals surface area contributed by atoms with E-state index in [0.29, 0.717) is 12.5 Å². The number of para-hydroxylation sites is 2. The molecular weight excluding hydrogens is 376 g/mol. The van der Waals surface area contributed by atoms with Gasteiger partial charge in [0.05, 0.1) is 17.2 Å². The summed E-state index contributed by atoms with van der Waals surface area (Å²) in [4.78, 5) is 22.5. The number of aromatic nitrogens is 4. The molecule has 0 unspecified atom stereocenters. The first-order valence-electron chi connectivity index (χ1n) is 11.2. The van der Waals surface area contributed by atoms with Gasteiger partial charge < -0.3 is 9.47 Å². The lowest BCUT2D eigenvalue weighted by atomic mass is 10.3. The molecular formula is C23H30N6O. The normalized spacial score (nSPS) is 18.1. The van der Waals surface area contributed by atoms with Gasteiger partial charge in [0.25, 0.3) is 0 Å². The van der Waals surface area contributed by atoms with E-state index in [1.165, 1.54) is 18.4 Å². The van der Waals surface area contributed by atoms with Crippen molar-refractivity contribution in [2.75, 3.05) is 26.2 Å². The van der Waals surface area contributed by atoms with Crippen LogP contribution in [0.2, 0.25) is 0 Å². The lowest BCUT2D eigenvalue weighted by Gasteiger charge is -2.22. The second-order valence-electron chi connectivity index (χ2n) is 8.53. The number of aryl methyl sites for hydroxylation is 1. The molecule has 0 atom stereocenters. The third-order valence-corrected chi connectivity index (χ3v) is 6.28. The van der Waals surface area contributed by atoms with Gasteiger partial charge in [0.1, 0.15) is 12.4 Å². The van der Waals surface area contributed by atoms with Crippen LogP contribution in [-0.2, 0) is 24.4 Å². The summed E-state index contributed by atoms with van der Waals surface area (Å²) in [5, 5.41) is 4.38. The van der Waals surface area contributed by atoms with Gasteiger partial charge in [0.2, 0.25) is 5.91 Å². The molecule has 1 amide bonds. The lowest BCUT2D eigenvalue weighted by Crippen LogP contribution is -2.37. The van der Waals surface area contributed by atoms with E-state index >= 15 is 0 Å². The number of carbonyl (C=O) groups is 1. The van der Waals surface area contributed by atoms with Crippen molar-refractivity contribution in [3.05, 3.63) is 48.0 Å². The van der Waals surface area contributed by atoms with Gasteiger partial charge >= 0.3 is 0 Å². The first kappa shape index (κ1) is 19.3. The molecule has 30 heavy (non-hydrogen) atoms. The van der Waals surface area contributed by atoms with Crippen LogP contribution in [0.3, 0.4) is 0 Å². The summed E-state index contributed by atoms with van der Waals surface area (Å²) < 4.78 is 4.13. The number of imidazole rings is 1. The number of hydrogen-bond acceptors (Lipinski definition) is 4. The van der Waals surface area contributed by atoms with Crippen LogP contribution in [-0.4, -0.2) is 61.2 Å². The predicted octanol–water partition coefficient (Wildman–Crippen LogP) is 2.86. The molecule has 2 aliphatic rings. The molecule has 5 rings (SSSR count). The van der Waals surface area contributed by atoms with Gasteiger partial charge in [0, 0.05) is 56.9 Å². The summed E-state index contributed by atoms with van der Waals surface area (Å²) in [5.74, 6) is 1.82. The maximum absolute atomic E-state index is 13.2. The summed E-state index contributed by atoms with van der Waals surface area (Å²) >= 11 is 0. The molecule has 1 saturated carbocycles. The molecule has 1 aliphatic carbocycles. The fraction of sp³-hybridized carbons (Fsp3) is 0.522. The second-order valence-corrected chi connectivity index (χ2v) is 8.53. The van der Waals surface area contributed by atoms with E-state index in [0.717, 1.165) is 62.5 Å². The molecule has 1 aliphatic heterocycles. The minimum absolute atomic E-state index is 0.209. The van der Waals surface area contributed by atoms with E-state index in [9.17, 15) is 4.79 Å². The fourth-order valence-corrected chi connectivity index (χ4v) is 4.45. The van der Waals surface area contributed by atoms with Crippen molar-refractivity contribution in [2.24, 2.45) is 0 Å². The highest BCUT2D eigenvalue weighted by Crippen LogP contribution is 2.40. The lowest BCUT2D eigenvalue weighted by molar-refractivity contribution is -0.131. The SMILES string of the molecule is CCn1cc(CN2CCCN(C(=O)Cn3c(C4CC4)nc4ccccc43)CC2)cn1. The van der Waals surface area contributed by atoms with E-state index in [2.05, 4.69) is 33.8 Å². The van der Waals surface area contributed by atoms with Gasteiger partial charge in [-0.1, -0.05) is 12.1 Å². The standard InChI is InChI=1S/C23H30N6O/c1-2-28-16-18(14-24-28)15-26-10-5-11-27(13-12-26)22(30)17-29-21-7-4-3-6-20(21)25-23(29)19-8-9-19/h3-4,6-7,14,16,19H,2,5,8-13,15,17H2,1H3. The zero-order chi connectivity index (χ0) is 20.5. The van der Waals surface area contributed by atoms with E-state index < -0.39 is 0 Å². The summed E-state index contributed by atoms with van der Waals surface area (Å²) in [6.45, 7) is 7.83. The quantitative estimate of drug-likeness (QED) is 0.632. The topological polar surface area (TPSA) is 59.2 Å². The van der Waals surface area contributed by atoms with Gasteiger partial charge in [0.15, 0.2) is 0 Å². The maximum atomic E-state index is 13.2. The number of amides is 1. The van der Waals surface area contributed by atoms with Crippen LogP contribution in [0.25, 0.3) is 11.0 Å². The smallest absolute Gasteiger partial charge is 0.242 e. The zero-order valence-electron chi connectivity index (χ0n) is 17.7. The highest BCUT2D eigenvalue weighted by Gasteiger charge is 2.31. The monoisotopic (exact) mass is 406 g/mol. The van der Waals surface area contributed by atoms with E-state index in [4.69, 9.17) is 4.98 Å². The van der Waals surface area contributed by atoms with Crippen LogP contribution in [0, 0.1) is 0 Å². The van der Waals surface area contributed by atoms with E-state index in [1.54, 1.807) is 0 Å². The largest absolute Gasteiger partial charge is 0.340 e. The van der Waals surface area contributed by atoms with Crippen molar-refractivity contribution in [2.45, 2.75) is 51.7 Å². The van der Waals surface area contributed by atoms with Crippen molar-refractivity contribution in [1.82, 2.24) is 29.1 Å². The summed E-state index contributed by atoms with van der Waals surface area (Å²) in [6, 6.07) is 8.19. The van der Waals surface area contributed by atoms with Crippen LogP contribution in [0.1, 0.15) is 43.5 Å². The number of carbonyl (C=O) groups excluding carboxylic acids is 1. The Morgan fingerprint density at radius 2 is 2.00 bits per heavy atom. The van der Waals surface area contributed by atoms with Gasteiger partial charge in [-0.15, -0.1) is 0 Å². The summed E-state index contributed by atoms with van der Waals surface area (Å²) in [6.07, 6.45) is 7.46. The molecule has 7 heteroatoms. The minimum atomic E-state index is 0.209. The first-order valence-corrected chi connectivity index (χ1v) is 11.2. The van der Waals surface area contributed by atoms with Crippen molar-refractivity contribution >= 4 is 16.9 Å². The van der Waals surface area contributed by atoms with Crippen molar-refractivity contribution < 1.29 is 4.79 Å². The Kier molecular flexibility index (Phi) is 5.29. The molecule has 0 radical (unpaired) electrons. The van der Waals surface area contributed by atoms with Crippen molar-refractivity contribution in [1.29, 1.82) is 0 Å². The molecule has 3 aromatic rings. The Morgan fingerprint density at radius 3 is 2.80 bits per heavy atom. The number of benzene rings is 1. The predicted molar refractivity (Wildman–Crippen MR) is 116 cm³/mol. The van der Waals surface area contributed by atoms with E-state index in [-0.39, 0.29) is 5.91 Å². The van der Waals surface area contributed by atoms with Crippen molar-refractivity contribution in [3.8, 4) is 0 Å². The van der Waals surface area contributed by atoms with Crippen LogP contribution < -0.4 is 0 Å². The van der Waals surface area contributed by atoms with Gasteiger partial charge in [-0.05, 0) is 38.3 Å². The van der Waals surface area contributed by atoms with Crippen LogP contribution in [0.4, 0.5) is 0 Å². The second kappa shape index (κ2) is 8.22. The highest BCUT2D eigenvalue weighted by molar-refractivity contribution is 5.81. The Morgan fingerprint density at radius 1 is 1.13 bits per heavy atom. The molecule has 7 nitrogen and oxygen atoms in total. The van der Waals surface area contributed by atoms with Gasteiger partial charge in [-0.3, -0.25) is 14.4 Å².